The summed E-state index contributed by atoms with van der Waals surface area (Å²) in [5.41, 5.74) is 1.85. The van der Waals surface area contributed by atoms with Crippen LogP contribution in [0, 0.1) is 13.8 Å². The fourth-order valence-electron chi connectivity index (χ4n) is 3.46. The van der Waals surface area contributed by atoms with Gasteiger partial charge in [-0.3, -0.25) is 9.59 Å². The number of amides is 1. The van der Waals surface area contributed by atoms with E-state index in [4.69, 9.17) is 4.74 Å². The number of aryl methyl sites for hydroxylation is 3. The lowest BCUT2D eigenvalue weighted by atomic mass is 10.0. The maximum Gasteiger partial charge on any atom is 0.259 e. The van der Waals surface area contributed by atoms with Crippen LogP contribution >= 0.6 is 11.3 Å². The normalized spacial score (nSPS) is 12.3. The molecule has 1 aromatic carbocycles. The molecule has 2 N–H and O–H groups in total. The van der Waals surface area contributed by atoms with Gasteiger partial charge in [0.25, 0.3) is 5.56 Å². The van der Waals surface area contributed by atoms with Gasteiger partial charge in [0.05, 0.1) is 18.5 Å². The summed E-state index contributed by atoms with van der Waals surface area (Å²) in [6, 6.07) is 7.79. The first-order valence-electron chi connectivity index (χ1n) is 9.86. The number of para-hydroxylation sites is 1. The molecule has 0 saturated heterocycles. The predicted octanol–water partition coefficient (Wildman–Crippen LogP) is 2.96. The standard InChI is InChI=1S/C22H28N4O3S/c1-13-14(2)30-22-20(13)21(28)24-18(25-22)10-11-19(27)23-12-16(26(3)4)15-8-6-7-9-17(15)29-5/h6-9,16H,10-12H2,1-5H3,(H,23,27)(H,24,25,28). The predicted molar refractivity (Wildman–Crippen MR) is 120 cm³/mol. The lowest BCUT2D eigenvalue weighted by Gasteiger charge is -2.26. The van der Waals surface area contributed by atoms with Crippen molar-refractivity contribution in [2.24, 2.45) is 0 Å². The van der Waals surface area contributed by atoms with Crippen molar-refractivity contribution in [3.05, 3.63) is 56.4 Å². The molecule has 0 saturated carbocycles. The smallest absolute Gasteiger partial charge is 0.259 e. The number of nitrogens with zero attached hydrogens (tertiary/aromatic N) is 2. The van der Waals surface area contributed by atoms with Crippen LogP contribution in [-0.2, 0) is 11.2 Å². The number of thiophene rings is 1. The zero-order valence-corrected chi connectivity index (χ0v) is 18.9. The molecule has 0 bridgehead atoms. The van der Waals surface area contributed by atoms with Crippen molar-refractivity contribution in [2.75, 3.05) is 27.7 Å². The van der Waals surface area contributed by atoms with Crippen molar-refractivity contribution in [1.82, 2.24) is 20.2 Å². The van der Waals surface area contributed by atoms with Gasteiger partial charge in [-0.1, -0.05) is 18.2 Å². The first-order chi connectivity index (χ1) is 14.3. The topological polar surface area (TPSA) is 87.3 Å². The molecule has 3 rings (SSSR count). The molecule has 0 radical (unpaired) electrons. The molecule has 0 aliphatic carbocycles. The van der Waals surface area contributed by atoms with E-state index in [1.54, 1.807) is 7.11 Å². The van der Waals surface area contributed by atoms with Gasteiger partial charge in [0, 0.05) is 29.8 Å². The molecule has 8 heteroatoms. The van der Waals surface area contributed by atoms with E-state index in [9.17, 15) is 9.59 Å². The highest BCUT2D eigenvalue weighted by molar-refractivity contribution is 7.18. The molecule has 0 fully saturated rings. The van der Waals surface area contributed by atoms with Gasteiger partial charge in [-0.2, -0.15) is 0 Å². The Labute approximate surface area is 180 Å². The summed E-state index contributed by atoms with van der Waals surface area (Å²) in [5.74, 6) is 1.25. The van der Waals surface area contributed by atoms with Gasteiger partial charge in [-0.05, 0) is 39.6 Å². The van der Waals surface area contributed by atoms with E-state index in [-0.39, 0.29) is 23.9 Å². The van der Waals surface area contributed by atoms with Gasteiger partial charge in [0.1, 0.15) is 16.4 Å². The number of hydrogen-bond acceptors (Lipinski definition) is 6. The molecule has 30 heavy (non-hydrogen) atoms. The number of nitrogens with one attached hydrogen (secondary N) is 2. The molecule has 160 valence electrons. The van der Waals surface area contributed by atoms with Crippen LogP contribution in [0.15, 0.2) is 29.1 Å². The second-order valence-electron chi connectivity index (χ2n) is 7.50. The maximum atomic E-state index is 12.5. The highest BCUT2D eigenvalue weighted by Crippen LogP contribution is 2.27. The number of likely N-dealkylation sites (N-methyl/N-ethyl adjacent to an activating group) is 1. The highest BCUT2D eigenvalue weighted by Gasteiger charge is 2.19. The average molecular weight is 429 g/mol. The van der Waals surface area contributed by atoms with E-state index in [0.29, 0.717) is 24.2 Å². The number of aromatic nitrogens is 2. The molecule has 0 aliphatic heterocycles. The maximum absolute atomic E-state index is 12.5. The third kappa shape index (κ3) is 4.71. The Morgan fingerprint density at radius 1 is 1.30 bits per heavy atom. The molecular weight excluding hydrogens is 400 g/mol. The number of ether oxygens (including phenoxy) is 1. The third-order valence-corrected chi connectivity index (χ3v) is 6.39. The van der Waals surface area contributed by atoms with E-state index in [0.717, 1.165) is 26.6 Å². The van der Waals surface area contributed by atoms with Crippen molar-refractivity contribution in [3.8, 4) is 5.75 Å². The van der Waals surface area contributed by atoms with Crippen LogP contribution in [0.4, 0.5) is 0 Å². The third-order valence-electron chi connectivity index (χ3n) is 5.29. The quantitative estimate of drug-likeness (QED) is 0.576. The van der Waals surface area contributed by atoms with Crippen LogP contribution in [0.5, 0.6) is 5.75 Å². The highest BCUT2D eigenvalue weighted by atomic mass is 32.1. The summed E-state index contributed by atoms with van der Waals surface area (Å²) in [7, 11) is 5.58. The van der Waals surface area contributed by atoms with Crippen LogP contribution < -0.4 is 15.6 Å². The van der Waals surface area contributed by atoms with Gasteiger partial charge in [-0.15, -0.1) is 11.3 Å². The van der Waals surface area contributed by atoms with Crippen molar-refractivity contribution < 1.29 is 9.53 Å². The summed E-state index contributed by atoms with van der Waals surface area (Å²) < 4.78 is 5.46. The first kappa shape index (κ1) is 22.0. The number of methoxy groups -OCH3 is 1. The molecule has 7 nitrogen and oxygen atoms in total. The number of fused-ring (bicyclic) bond motifs is 1. The zero-order chi connectivity index (χ0) is 21.8. The zero-order valence-electron chi connectivity index (χ0n) is 18.0. The molecule has 3 aromatic rings. The summed E-state index contributed by atoms with van der Waals surface area (Å²) in [6.07, 6.45) is 0.637. The van der Waals surface area contributed by atoms with E-state index in [1.165, 1.54) is 11.3 Å². The van der Waals surface area contributed by atoms with Gasteiger partial charge in [0.15, 0.2) is 0 Å². The Bertz CT molecular complexity index is 1100. The number of H-pyrrole nitrogens is 1. The largest absolute Gasteiger partial charge is 0.496 e. The average Bonchev–Trinajstić information content (AvgIpc) is 3.00. The Morgan fingerprint density at radius 2 is 2.03 bits per heavy atom. The molecule has 0 aliphatic rings. The van der Waals surface area contributed by atoms with Crippen LogP contribution in [0.1, 0.15) is 34.3 Å². The van der Waals surface area contributed by atoms with Gasteiger partial charge >= 0.3 is 0 Å². The molecular formula is C22H28N4O3S. The fraction of sp³-hybridized carbons (Fsp3) is 0.409. The van der Waals surface area contributed by atoms with Crippen molar-refractivity contribution >= 4 is 27.5 Å². The Morgan fingerprint density at radius 3 is 2.73 bits per heavy atom. The van der Waals surface area contributed by atoms with E-state index < -0.39 is 0 Å². The molecule has 2 aromatic heterocycles. The second-order valence-corrected chi connectivity index (χ2v) is 8.70. The van der Waals surface area contributed by atoms with Gasteiger partial charge in [-0.25, -0.2) is 4.98 Å². The van der Waals surface area contributed by atoms with Crippen molar-refractivity contribution in [2.45, 2.75) is 32.7 Å². The number of carbonyl (C=O) groups excluding carboxylic acids is 1. The lowest BCUT2D eigenvalue weighted by molar-refractivity contribution is -0.121. The monoisotopic (exact) mass is 428 g/mol. The number of aromatic amines is 1. The van der Waals surface area contributed by atoms with Crippen LogP contribution in [0.25, 0.3) is 10.2 Å². The number of benzene rings is 1. The van der Waals surface area contributed by atoms with E-state index in [2.05, 4.69) is 15.3 Å². The number of carbonyl (C=O) groups is 1. The molecule has 1 unspecified atom stereocenters. The van der Waals surface area contributed by atoms with Crippen molar-refractivity contribution in [1.29, 1.82) is 0 Å². The minimum absolute atomic E-state index is 0.0172. The Balaban J connectivity index is 1.64. The Kier molecular flexibility index (Phi) is 6.89. The van der Waals surface area contributed by atoms with Crippen LogP contribution in [-0.4, -0.2) is 48.5 Å². The number of hydrogen-bond donors (Lipinski definition) is 2. The van der Waals surface area contributed by atoms with Gasteiger partial charge < -0.3 is 19.9 Å². The summed E-state index contributed by atoms with van der Waals surface area (Å²) in [6.45, 7) is 4.37. The Hall–Kier alpha value is -2.71. The van der Waals surface area contributed by atoms with Gasteiger partial charge in [0.2, 0.25) is 5.91 Å². The molecule has 1 amide bonds. The van der Waals surface area contributed by atoms with E-state index in [1.807, 2.05) is 57.1 Å². The van der Waals surface area contributed by atoms with Crippen LogP contribution in [0.3, 0.4) is 0 Å². The van der Waals surface area contributed by atoms with E-state index >= 15 is 0 Å². The lowest BCUT2D eigenvalue weighted by Crippen LogP contribution is -2.35. The summed E-state index contributed by atoms with van der Waals surface area (Å²) >= 11 is 1.51. The second kappa shape index (κ2) is 9.40. The summed E-state index contributed by atoms with van der Waals surface area (Å²) in [4.78, 5) is 36.1. The molecule has 0 spiro atoms. The van der Waals surface area contributed by atoms with Crippen molar-refractivity contribution in [3.63, 3.8) is 0 Å². The number of rotatable bonds is 8. The molecule has 2 heterocycles. The summed E-state index contributed by atoms with van der Waals surface area (Å²) in [5, 5.41) is 3.65. The first-order valence-corrected chi connectivity index (χ1v) is 10.7. The molecule has 1 atom stereocenters. The van der Waals surface area contributed by atoms with Crippen LogP contribution in [0.2, 0.25) is 0 Å². The minimum Gasteiger partial charge on any atom is -0.496 e. The minimum atomic E-state index is -0.138. The fourth-order valence-corrected chi connectivity index (χ4v) is 4.51. The SMILES string of the molecule is COc1ccccc1C(CNC(=O)CCc1nc2sc(C)c(C)c2c(=O)[nH]1)N(C)C.